The molecule has 1 aliphatic rings. The van der Waals surface area contributed by atoms with Crippen molar-refractivity contribution in [2.75, 3.05) is 0 Å². The molecule has 0 aromatic rings. The van der Waals surface area contributed by atoms with Gasteiger partial charge in [-0.1, -0.05) is 0 Å². The zero-order chi connectivity index (χ0) is 8.43. The van der Waals surface area contributed by atoms with Crippen LogP contribution < -0.4 is 10.2 Å². The van der Waals surface area contributed by atoms with Crippen molar-refractivity contribution in [1.82, 2.24) is 0 Å². The van der Waals surface area contributed by atoms with Crippen molar-refractivity contribution >= 4 is 23.7 Å². The second kappa shape index (κ2) is 3.13. The highest BCUT2D eigenvalue weighted by Crippen LogP contribution is 2.32. The minimum absolute atomic E-state index is 0.367. The van der Waals surface area contributed by atoms with Crippen LogP contribution >= 0.6 is 11.8 Å². The molecule has 0 unspecified atom stereocenters. The Morgan fingerprint density at radius 3 is 1.64 bits per heavy atom. The lowest BCUT2D eigenvalue weighted by Gasteiger charge is -2.12. The maximum atomic E-state index is 10.2. The van der Waals surface area contributed by atoms with Crippen LogP contribution in [0.5, 0.6) is 0 Å². The summed E-state index contributed by atoms with van der Waals surface area (Å²) in [5.41, 5.74) is 0. The fraction of sp³-hybridized carbons (Fsp3) is 0.667. The predicted octanol–water partition coefficient (Wildman–Crippen LogP) is -2.25. The van der Waals surface area contributed by atoms with Gasteiger partial charge in [-0.2, -0.15) is 0 Å². The van der Waals surface area contributed by atoms with Crippen LogP contribution in [0.15, 0.2) is 0 Å². The topological polar surface area (TPSA) is 80.3 Å². The van der Waals surface area contributed by atoms with Crippen molar-refractivity contribution in [3.63, 3.8) is 0 Å². The van der Waals surface area contributed by atoms with Crippen molar-refractivity contribution in [1.29, 1.82) is 0 Å². The van der Waals surface area contributed by atoms with Crippen molar-refractivity contribution in [2.24, 2.45) is 0 Å². The molecular weight excluding hydrogens is 168 g/mol. The first-order valence-corrected chi connectivity index (χ1v) is 4.12. The Morgan fingerprint density at radius 1 is 1.09 bits per heavy atom. The molecule has 0 radical (unpaired) electrons. The number of thioether (sulfide) groups is 1. The van der Waals surface area contributed by atoms with Gasteiger partial charge in [0.05, 0.1) is 11.9 Å². The predicted molar refractivity (Wildman–Crippen MR) is 34.4 cm³/mol. The van der Waals surface area contributed by atoms with E-state index in [2.05, 4.69) is 0 Å². The van der Waals surface area contributed by atoms with Crippen molar-refractivity contribution in [2.45, 2.75) is 23.3 Å². The Kier molecular flexibility index (Phi) is 2.38. The van der Waals surface area contributed by atoms with E-state index in [0.717, 1.165) is 11.8 Å². The van der Waals surface area contributed by atoms with Crippen LogP contribution in [0.3, 0.4) is 0 Å². The van der Waals surface area contributed by atoms with E-state index in [1.165, 1.54) is 0 Å². The first-order chi connectivity index (χ1) is 5.11. The molecule has 0 N–H and O–H groups in total. The Labute approximate surface area is 67.6 Å². The van der Waals surface area contributed by atoms with Crippen LogP contribution in [0.1, 0.15) is 12.8 Å². The van der Waals surface area contributed by atoms with E-state index in [4.69, 9.17) is 0 Å². The highest BCUT2D eigenvalue weighted by atomic mass is 32.2. The van der Waals surface area contributed by atoms with Crippen LogP contribution in [0.25, 0.3) is 0 Å². The van der Waals surface area contributed by atoms with E-state index in [1.54, 1.807) is 0 Å². The number of carbonyl (C=O) groups is 2. The monoisotopic (exact) mass is 174 g/mol. The Bertz CT molecular complexity index is 171. The summed E-state index contributed by atoms with van der Waals surface area (Å²) >= 11 is 0.903. The van der Waals surface area contributed by atoms with Crippen LogP contribution in [0.2, 0.25) is 0 Å². The number of aliphatic carboxylic acids is 2. The van der Waals surface area contributed by atoms with Crippen molar-refractivity contribution < 1.29 is 19.8 Å². The SMILES string of the molecule is O=C([O-])[C@@H]1CC[C@H](C(=O)[O-])S1. The molecule has 0 aliphatic carbocycles. The molecule has 0 bridgehead atoms. The fourth-order valence-electron chi connectivity index (χ4n) is 0.984. The van der Waals surface area contributed by atoms with Gasteiger partial charge in [0.2, 0.25) is 0 Å². The lowest BCUT2D eigenvalue weighted by molar-refractivity contribution is -0.306. The van der Waals surface area contributed by atoms with E-state index in [9.17, 15) is 19.8 Å². The van der Waals surface area contributed by atoms with Crippen LogP contribution in [-0.4, -0.2) is 22.4 Å². The zero-order valence-electron chi connectivity index (χ0n) is 5.61. The summed E-state index contributed by atoms with van der Waals surface area (Å²) in [6.07, 6.45) is 0.733. The molecule has 11 heavy (non-hydrogen) atoms. The normalized spacial score (nSPS) is 30.2. The summed E-state index contributed by atoms with van der Waals surface area (Å²) in [6, 6.07) is 0. The molecule has 2 atom stereocenters. The van der Waals surface area contributed by atoms with Gasteiger partial charge in [-0.25, -0.2) is 0 Å². The quantitative estimate of drug-likeness (QED) is 0.472. The molecule has 5 heteroatoms. The molecule has 0 aromatic heterocycles. The Morgan fingerprint density at radius 2 is 1.45 bits per heavy atom. The number of carboxylic acid groups (broad SMARTS) is 2. The van der Waals surface area contributed by atoms with Gasteiger partial charge in [-0.3, -0.25) is 0 Å². The highest BCUT2D eigenvalue weighted by molar-refractivity contribution is 8.02. The van der Waals surface area contributed by atoms with Gasteiger partial charge in [-0.15, -0.1) is 11.8 Å². The summed E-state index contributed by atoms with van der Waals surface area (Å²) in [4.78, 5) is 20.4. The fourth-order valence-corrected chi connectivity index (χ4v) is 2.15. The Hall–Kier alpha value is -0.710. The third kappa shape index (κ3) is 1.86. The molecule has 62 valence electrons. The molecule has 4 nitrogen and oxygen atoms in total. The lowest BCUT2D eigenvalue weighted by Crippen LogP contribution is -2.34. The third-order valence-electron chi connectivity index (χ3n) is 1.55. The molecule has 0 spiro atoms. The number of rotatable bonds is 2. The standard InChI is InChI=1S/C6H8O4S/c7-5(8)3-1-2-4(11-3)6(9)10/h3-4H,1-2H2,(H,7,8)(H,9,10)/p-2/t3-,4+. The molecule has 0 aromatic carbocycles. The van der Waals surface area contributed by atoms with E-state index >= 15 is 0 Å². The second-order valence-electron chi connectivity index (χ2n) is 2.33. The Balaban J connectivity index is 2.47. The molecule has 1 saturated heterocycles. The molecule has 0 saturated carbocycles. The molecule has 1 aliphatic heterocycles. The highest BCUT2D eigenvalue weighted by Gasteiger charge is 2.26. The van der Waals surface area contributed by atoms with Crippen molar-refractivity contribution in [3.05, 3.63) is 0 Å². The number of carboxylic acids is 2. The minimum Gasteiger partial charge on any atom is -0.549 e. The minimum atomic E-state index is -1.18. The maximum Gasteiger partial charge on any atom is 0.0544 e. The maximum absolute atomic E-state index is 10.2. The van der Waals surface area contributed by atoms with Crippen LogP contribution in [0.4, 0.5) is 0 Å². The smallest absolute Gasteiger partial charge is 0.0544 e. The molecule has 1 rings (SSSR count). The molecule has 1 heterocycles. The second-order valence-corrected chi connectivity index (χ2v) is 3.74. The third-order valence-corrected chi connectivity index (χ3v) is 3.06. The molecular formula is C6H6O4S-2. The summed E-state index contributed by atoms with van der Waals surface area (Å²) in [6.45, 7) is 0. The summed E-state index contributed by atoms with van der Waals surface area (Å²) in [7, 11) is 0. The van der Waals surface area contributed by atoms with Gasteiger partial charge in [-0.05, 0) is 12.8 Å². The summed E-state index contributed by atoms with van der Waals surface area (Å²) in [5, 5.41) is 19.1. The van der Waals surface area contributed by atoms with E-state index in [0.29, 0.717) is 12.8 Å². The molecule has 1 fully saturated rings. The number of hydrogen-bond donors (Lipinski definition) is 0. The van der Waals surface area contributed by atoms with Gasteiger partial charge < -0.3 is 19.8 Å². The largest absolute Gasteiger partial charge is 0.549 e. The van der Waals surface area contributed by atoms with Crippen molar-refractivity contribution in [3.8, 4) is 0 Å². The lowest BCUT2D eigenvalue weighted by atomic mass is 10.2. The van der Waals surface area contributed by atoms with E-state index in [1.807, 2.05) is 0 Å². The summed E-state index contributed by atoms with van der Waals surface area (Å²) < 4.78 is 0. The zero-order valence-corrected chi connectivity index (χ0v) is 6.43. The van der Waals surface area contributed by atoms with Gasteiger partial charge in [0, 0.05) is 10.5 Å². The van der Waals surface area contributed by atoms with Crippen LogP contribution in [-0.2, 0) is 9.59 Å². The van der Waals surface area contributed by atoms with E-state index in [-0.39, 0.29) is 0 Å². The van der Waals surface area contributed by atoms with Gasteiger partial charge in [0.25, 0.3) is 0 Å². The van der Waals surface area contributed by atoms with Crippen LogP contribution in [0, 0.1) is 0 Å². The number of hydrogen-bond acceptors (Lipinski definition) is 5. The average Bonchev–Trinajstić information content (AvgIpc) is 2.33. The van der Waals surface area contributed by atoms with Gasteiger partial charge >= 0.3 is 0 Å². The molecule has 0 amide bonds. The van der Waals surface area contributed by atoms with Gasteiger partial charge in [0.1, 0.15) is 0 Å². The van der Waals surface area contributed by atoms with Gasteiger partial charge in [0.15, 0.2) is 0 Å². The first-order valence-electron chi connectivity index (χ1n) is 3.18. The first kappa shape index (κ1) is 8.39. The average molecular weight is 174 g/mol. The number of carbonyl (C=O) groups excluding carboxylic acids is 2. The van der Waals surface area contributed by atoms with E-state index < -0.39 is 22.4 Å². The summed E-state index contributed by atoms with van der Waals surface area (Å²) in [5.74, 6) is -2.36.